The number of pyridine rings is 1. The lowest BCUT2D eigenvalue weighted by atomic mass is 10.2. The van der Waals surface area contributed by atoms with Crippen LogP contribution in [0.3, 0.4) is 0 Å². The summed E-state index contributed by atoms with van der Waals surface area (Å²) in [6, 6.07) is 3.33. The van der Waals surface area contributed by atoms with Gasteiger partial charge in [0.1, 0.15) is 0 Å². The molecule has 0 unspecified atom stereocenters. The van der Waals surface area contributed by atoms with Gasteiger partial charge >= 0.3 is 5.97 Å². The van der Waals surface area contributed by atoms with Gasteiger partial charge in [-0.1, -0.05) is 30.9 Å². The average molecular weight is 272 g/mol. The molecule has 102 valence electrons. The summed E-state index contributed by atoms with van der Waals surface area (Å²) in [5.74, 6) is 5.20. The molecule has 0 aliphatic heterocycles. The van der Waals surface area contributed by atoms with Crippen molar-refractivity contribution in [2.45, 2.75) is 13.8 Å². The number of nitrogens with one attached hydrogen (secondary N) is 1. The van der Waals surface area contributed by atoms with E-state index in [2.05, 4.69) is 32.2 Å². The average Bonchev–Trinajstić information content (AvgIpc) is 2.86. The van der Waals surface area contributed by atoms with E-state index in [9.17, 15) is 4.79 Å². The zero-order valence-electron chi connectivity index (χ0n) is 10.9. The van der Waals surface area contributed by atoms with Crippen LogP contribution >= 0.6 is 0 Å². The molecular formula is C13H12N4O3. The summed E-state index contributed by atoms with van der Waals surface area (Å²) in [5, 5.41) is 18.0. The van der Waals surface area contributed by atoms with Gasteiger partial charge in [0, 0.05) is 23.7 Å². The van der Waals surface area contributed by atoms with Crippen molar-refractivity contribution in [2.24, 2.45) is 5.92 Å². The van der Waals surface area contributed by atoms with Gasteiger partial charge in [0.25, 0.3) is 5.88 Å². The second-order valence-electron chi connectivity index (χ2n) is 4.21. The standard InChI is InChI=1S/C13H12N4O3/c1-8(2)3-4-9-5-6-10(14-7-9)20-12-11(13(18)19)15-17-16-12/h5-8H,1-2H3,(H,18,19)(H,15,16,17). The molecular weight excluding hydrogens is 260 g/mol. The van der Waals surface area contributed by atoms with Gasteiger partial charge in [-0.2, -0.15) is 0 Å². The summed E-state index contributed by atoms with van der Waals surface area (Å²) < 4.78 is 5.27. The smallest absolute Gasteiger partial charge is 0.362 e. The summed E-state index contributed by atoms with van der Waals surface area (Å²) in [5.41, 5.74) is 0.461. The van der Waals surface area contributed by atoms with Gasteiger partial charge in [0.15, 0.2) is 0 Å². The molecule has 20 heavy (non-hydrogen) atoms. The van der Waals surface area contributed by atoms with E-state index in [1.54, 1.807) is 18.3 Å². The number of aromatic carboxylic acids is 1. The molecule has 7 nitrogen and oxygen atoms in total. The van der Waals surface area contributed by atoms with E-state index in [4.69, 9.17) is 9.84 Å². The van der Waals surface area contributed by atoms with E-state index in [0.29, 0.717) is 0 Å². The molecule has 0 radical (unpaired) electrons. The Morgan fingerprint density at radius 1 is 1.45 bits per heavy atom. The van der Waals surface area contributed by atoms with Crippen LogP contribution < -0.4 is 4.74 Å². The lowest BCUT2D eigenvalue weighted by Crippen LogP contribution is -2.00. The van der Waals surface area contributed by atoms with Crippen LogP contribution in [0.1, 0.15) is 29.9 Å². The predicted octanol–water partition coefficient (Wildman–Crippen LogP) is 1.70. The fourth-order valence-electron chi connectivity index (χ4n) is 1.28. The highest BCUT2D eigenvalue weighted by Gasteiger charge is 2.17. The molecule has 2 heterocycles. The van der Waals surface area contributed by atoms with E-state index in [-0.39, 0.29) is 23.4 Å². The largest absolute Gasteiger partial charge is 0.476 e. The van der Waals surface area contributed by atoms with Crippen LogP contribution in [0.4, 0.5) is 0 Å². The normalized spacial score (nSPS) is 9.95. The lowest BCUT2D eigenvalue weighted by molar-refractivity contribution is 0.0687. The number of aromatic nitrogens is 4. The predicted molar refractivity (Wildman–Crippen MR) is 69.4 cm³/mol. The summed E-state index contributed by atoms with van der Waals surface area (Å²) >= 11 is 0. The second kappa shape index (κ2) is 5.84. The molecule has 0 amide bonds. The van der Waals surface area contributed by atoms with E-state index in [0.717, 1.165) is 5.56 Å². The van der Waals surface area contributed by atoms with Crippen LogP contribution in [0.25, 0.3) is 0 Å². The Morgan fingerprint density at radius 2 is 2.25 bits per heavy atom. The minimum absolute atomic E-state index is 0.0639. The first-order valence-electron chi connectivity index (χ1n) is 5.86. The quantitative estimate of drug-likeness (QED) is 0.825. The van der Waals surface area contributed by atoms with Gasteiger partial charge in [-0.15, -0.1) is 5.10 Å². The van der Waals surface area contributed by atoms with Crippen molar-refractivity contribution in [1.29, 1.82) is 0 Å². The third kappa shape index (κ3) is 3.32. The highest BCUT2D eigenvalue weighted by Crippen LogP contribution is 2.19. The molecule has 0 atom stereocenters. The molecule has 2 N–H and O–H groups in total. The van der Waals surface area contributed by atoms with Crippen molar-refractivity contribution >= 4 is 5.97 Å². The van der Waals surface area contributed by atoms with Crippen molar-refractivity contribution < 1.29 is 14.6 Å². The van der Waals surface area contributed by atoms with E-state index >= 15 is 0 Å². The number of carboxylic acid groups (broad SMARTS) is 1. The molecule has 7 heteroatoms. The molecule has 0 spiro atoms. The molecule has 0 saturated heterocycles. The first-order valence-corrected chi connectivity index (χ1v) is 5.86. The molecule has 0 saturated carbocycles. The van der Waals surface area contributed by atoms with Gasteiger partial charge in [-0.3, -0.25) is 0 Å². The van der Waals surface area contributed by atoms with Crippen LogP contribution in [-0.2, 0) is 0 Å². The summed E-state index contributed by atoms with van der Waals surface area (Å²) in [7, 11) is 0. The highest BCUT2D eigenvalue weighted by atomic mass is 16.5. The number of ether oxygens (including phenoxy) is 1. The zero-order chi connectivity index (χ0) is 14.5. The first kappa shape index (κ1) is 13.5. The fourth-order valence-corrected chi connectivity index (χ4v) is 1.28. The Balaban J connectivity index is 2.13. The first-order chi connectivity index (χ1) is 9.56. The number of aromatic amines is 1. The summed E-state index contributed by atoms with van der Waals surface area (Å²) in [6.45, 7) is 3.99. The van der Waals surface area contributed by atoms with Gasteiger partial charge in [-0.25, -0.2) is 14.9 Å². The van der Waals surface area contributed by atoms with Crippen LogP contribution in [0, 0.1) is 17.8 Å². The minimum atomic E-state index is -1.23. The van der Waals surface area contributed by atoms with Gasteiger partial charge in [0.2, 0.25) is 11.6 Å². The molecule has 2 aromatic heterocycles. The topological polar surface area (TPSA) is 101 Å². The molecule has 2 aromatic rings. The Hall–Kier alpha value is -2.88. The summed E-state index contributed by atoms with van der Waals surface area (Å²) in [6.07, 6.45) is 1.55. The van der Waals surface area contributed by atoms with Crippen molar-refractivity contribution in [3.8, 4) is 23.6 Å². The van der Waals surface area contributed by atoms with Crippen LogP contribution in [0.2, 0.25) is 0 Å². The van der Waals surface area contributed by atoms with Crippen LogP contribution in [-0.4, -0.2) is 31.5 Å². The Morgan fingerprint density at radius 3 is 2.85 bits per heavy atom. The number of carboxylic acids is 1. The number of rotatable bonds is 3. The molecule has 0 fully saturated rings. The zero-order valence-corrected chi connectivity index (χ0v) is 10.9. The second-order valence-corrected chi connectivity index (χ2v) is 4.21. The molecule has 0 aliphatic carbocycles. The van der Waals surface area contributed by atoms with Gasteiger partial charge in [-0.05, 0) is 6.07 Å². The number of hydrogen-bond acceptors (Lipinski definition) is 5. The van der Waals surface area contributed by atoms with E-state index in [1.807, 2.05) is 13.8 Å². The lowest BCUT2D eigenvalue weighted by Gasteiger charge is -2.01. The third-order valence-electron chi connectivity index (χ3n) is 2.17. The van der Waals surface area contributed by atoms with Crippen LogP contribution in [0.15, 0.2) is 18.3 Å². The maximum atomic E-state index is 10.8. The third-order valence-corrected chi connectivity index (χ3v) is 2.17. The Kier molecular flexibility index (Phi) is 3.96. The molecule has 2 rings (SSSR count). The number of H-pyrrole nitrogens is 1. The van der Waals surface area contributed by atoms with Gasteiger partial charge < -0.3 is 9.84 Å². The maximum absolute atomic E-state index is 10.8. The Bertz CT molecular complexity index is 665. The van der Waals surface area contributed by atoms with Crippen LogP contribution in [0.5, 0.6) is 11.8 Å². The van der Waals surface area contributed by atoms with E-state index in [1.165, 1.54) is 0 Å². The molecule has 0 aromatic carbocycles. The minimum Gasteiger partial charge on any atom is -0.476 e. The Labute approximate surface area is 115 Å². The SMILES string of the molecule is CC(C)C#Cc1ccc(Oc2[nH]nnc2C(=O)O)nc1. The number of nitrogens with zero attached hydrogens (tertiary/aromatic N) is 3. The molecule has 0 bridgehead atoms. The van der Waals surface area contributed by atoms with Crippen molar-refractivity contribution in [3.05, 3.63) is 29.6 Å². The van der Waals surface area contributed by atoms with Gasteiger partial charge in [0.05, 0.1) is 0 Å². The fraction of sp³-hybridized carbons (Fsp3) is 0.231. The number of hydrogen-bond donors (Lipinski definition) is 2. The maximum Gasteiger partial charge on any atom is 0.362 e. The van der Waals surface area contributed by atoms with Crippen molar-refractivity contribution in [1.82, 2.24) is 20.4 Å². The molecule has 0 aliphatic rings. The van der Waals surface area contributed by atoms with Crippen molar-refractivity contribution in [2.75, 3.05) is 0 Å². The highest BCUT2D eigenvalue weighted by molar-refractivity contribution is 5.87. The van der Waals surface area contributed by atoms with E-state index < -0.39 is 5.97 Å². The number of carbonyl (C=O) groups is 1. The monoisotopic (exact) mass is 272 g/mol. The summed E-state index contributed by atoms with van der Waals surface area (Å²) in [4.78, 5) is 14.9. The van der Waals surface area contributed by atoms with Crippen molar-refractivity contribution in [3.63, 3.8) is 0 Å².